The van der Waals surface area contributed by atoms with Crippen molar-refractivity contribution in [2.24, 2.45) is 5.92 Å². The van der Waals surface area contributed by atoms with Gasteiger partial charge in [-0.1, -0.05) is 19.3 Å². The second kappa shape index (κ2) is 6.66. The molecule has 1 saturated heterocycles. The highest BCUT2D eigenvalue weighted by molar-refractivity contribution is 9.10. The highest BCUT2D eigenvalue weighted by Crippen LogP contribution is 2.33. The largest absolute Gasteiger partial charge is 0.365 e. The molecule has 21 heavy (non-hydrogen) atoms. The summed E-state index contributed by atoms with van der Waals surface area (Å²) in [5, 5.41) is 3.72. The van der Waals surface area contributed by atoms with E-state index in [2.05, 4.69) is 33.1 Å². The average Bonchev–Trinajstić information content (AvgIpc) is 2.51. The van der Waals surface area contributed by atoms with Gasteiger partial charge in [-0.15, -0.1) is 0 Å². The van der Waals surface area contributed by atoms with Gasteiger partial charge in [-0.2, -0.15) is 0 Å². The predicted octanol–water partition coefficient (Wildman–Crippen LogP) is 4.34. The Hall–Kier alpha value is -0.610. The van der Waals surface area contributed by atoms with Crippen LogP contribution in [0.3, 0.4) is 0 Å². The summed E-state index contributed by atoms with van der Waals surface area (Å²) in [6.07, 6.45) is 6.79. The van der Waals surface area contributed by atoms with E-state index in [1.807, 2.05) is 6.07 Å². The van der Waals surface area contributed by atoms with Crippen LogP contribution in [-0.2, 0) is 0 Å². The Bertz CT molecular complexity index is 488. The van der Waals surface area contributed by atoms with Gasteiger partial charge in [-0.3, -0.25) is 0 Å². The van der Waals surface area contributed by atoms with Gasteiger partial charge >= 0.3 is 0 Å². The summed E-state index contributed by atoms with van der Waals surface area (Å²) >= 11 is 3.58. The Balaban J connectivity index is 1.78. The maximum Gasteiger partial charge on any atom is 0.125 e. The smallest absolute Gasteiger partial charge is 0.125 e. The molecule has 116 valence electrons. The molecule has 0 aromatic heterocycles. The van der Waals surface area contributed by atoms with Crippen molar-refractivity contribution in [2.75, 3.05) is 18.0 Å². The minimum absolute atomic E-state index is 0.159. The second-order valence-electron chi connectivity index (χ2n) is 6.51. The van der Waals surface area contributed by atoms with Gasteiger partial charge < -0.3 is 10.2 Å². The van der Waals surface area contributed by atoms with Crippen LogP contribution in [0.25, 0.3) is 0 Å². The number of piperazine rings is 1. The molecule has 2 aliphatic rings. The fourth-order valence-corrected chi connectivity index (χ4v) is 4.26. The highest BCUT2D eigenvalue weighted by atomic mass is 79.9. The lowest BCUT2D eigenvalue weighted by Gasteiger charge is -2.44. The molecule has 1 N–H and O–H groups in total. The van der Waals surface area contributed by atoms with Gasteiger partial charge in [-0.25, -0.2) is 4.39 Å². The molecule has 0 radical (unpaired) electrons. The monoisotopic (exact) mass is 354 g/mol. The summed E-state index contributed by atoms with van der Waals surface area (Å²) in [7, 11) is 0. The van der Waals surface area contributed by atoms with E-state index in [1.54, 1.807) is 6.07 Å². The van der Waals surface area contributed by atoms with E-state index >= 15 is 0 Å². The van der Waals surface area contributed by atoms with Crippen molar-refractivity contribution < 1.29 is 4.39 Å². The van der Waals surface area contributed by atoms with Crippen LogP contribution < -0.4 is 10.2 Å². The number of nitrogens with zero attached hydrogens (tertiary/aromatic N) is 1. The molecule has 2 atom stereocenters. The van der Waals surface area contributed by atoms with Gasteiger partial charge in [0, 0.05) is 29.6 Å². The zero-order valence-corrected chi connectivity index (χ0v) is 14.2. The number of hydrogen-bond acceptors (Lipinski definition) is 2. The SMILES string of the molecule is CC1CNC(C2CCCCC2)CN1c1cc(F)ccc1Br. The number of halogens is 2. The normalized spacial score (nSPS) is 27.9. The minimum atomic E-state index is -0.159. The summed E-state index contributed by atoms with van der Waals surface area (Å²) in [6, 6.07) is 5.91. The molecular formula is C17H24BrFN2. The van der Waals surface area contributed by atoms with Gasteiger partial charge in [0.05, 0.1) is 5.69 Å². The lowest BCUT2D eigenvalue weighted by Crippen LogP contribution is -2.58. The molecule has 3 rings (SSSR count). The van der Waals surface area contributed by atoms with E-state index in [1.165, 1.54) is 38.2 Å². The Morgan fingerprint density at radius 1 is 1.24 bits per heavy atom. The Morgan fingerprint density at radius 3 is 2.76 bits per heavy atom. The molecule has 2 fully saturated rings. The Kier molecular flexibility index (Phi) is 4.85. The van der Waals surface area contributed by atoms with Crippen molar-refractivity contribution in [1.29, 1.82) is 0 Å². The number of benzene rings is 1. The zero-order chi connectivity index (χ0) is 14.8. The molecule has 0 spiro atoms. The fourth-order valence-electron chi connectivity index (χ4n) is 3.78. The first-order valence-corrected chi connectivity index (χ1v) is 8.89. The Labute approximate surface area is 135 Å². The molecule has 1 aromatic carbocycles. The van der Waals surface area contributed by atoms with Crippen molar-refractivity contribution in [1.82, 2.24) is 5.32 Å². The predicted molar refractivity (Wildman–Crippen MR) is 89.3 cm³/mol. The van der Waals surface area contributed by atoms with Crippen LogP contribution in [0.4, 0.5) is 10.1 Å². The van der Waals surface area contributed by atoms with Crippen molar-refractivity contribution in [3.63, 3.8) is 0 Å². The third-order valence-electron chi connectivity index (χ3n) is 5.04. The first kappa shape index (κ1) is 15.3. The minimum Gasteiger partial charge on any atom is -0.365 e. The van der Waals surface area contributed by atoms with Crippen LogP contribution in [0.1, 0.15) is 39.0 Å². The van der Waals surface area contributed by atoms with Crippen LogP contribution in [-0.4, -0.2) is 25.2 Å². The van der Waals surface area contributed by atoms with Crippen LogP contribution in [0, 0.1) is 11.7 Å². The molecule has 1 aromatic rings. The number of anilines is 1. The fraction of sp³-hybridized carbons (Fsp3) is 0.647. The number of hydrogen-bond donors (Lipinski definition) is 1. The molecule has 1 heterocycles. The standard InChI is InChI=1S/C17H24BrFN2/c1-12-10-20-16(13-5-3-2-4-6-13)11-21(12)17-9-14(19)7-8-15(17)18/h7-9,12-13,16,20H,2-6,10-11H2,1H3. The molecule has 1 saturated carbocycles. The molecule has 0 bridgehead atoms. The first-order valence-electron chi connectivity index (χ1n) is 8.10. The molecule has 1 aliphatic carbocycles. The maximum absolute atomic E-state index is 13.6. The van der Waals surface area contributed by atoms with Gasteiger partial charge in [0.1, 0.15) is 5.82 Å². The van der Waals surface area contributed by atoms with Crippen molar-refractivity contribution in [2.45, 2.75) is 51.1 Å². The quantitative estimate of drug-likeness (QED) is 0.849. The summed E-state index contributed by atoms with van der Waals surface area (Å²) in [6.45, 7) is 4.17. The third kappa shape index (κ3) is 3.42. The van der Waals surface area contributed by atoms with E-state index in [0.717, 1.165) is 29.2 Å². The summed E-state index contributed by atoms with van der Waals surface area (Å²) in [5.74, 6) is 0.620. The second-order valence-corrected chi connectivity index (χ2v) is 7.36. The van der Waals surface area contributed by atoms with Gasteiger partial charge in [-0.05, 0) is 59.8 Å². The van der Waals surface area contributed by atoms with Gasteiger partial charge in [0.2, 0.25) is 0 Å². The molecule has 0 amide bonds. The molecule has 2 nitrogen and oxygen atoms in total. The van der Waals surface area contributed by atoms with Crippen molar-refractivity contribution in [3.8, 4) is 0 Å². The molecule has 4 heteroatoms. The van der Waals surface area contributed by atoms with Crippen LogP contribution in [0.5, 0.6) is 0 Å². The van der Waals surface area contributed by atoms with E-state index in [4.69, 9.17) is 0 Å². The highest BCUT2D eigenvalue weighted by Gasteiger charge is 2.31. The van der Waals surface area contributed by atoms with E-state index in [0.29, 0.717) is 12.1 Å². The molecular weight excluding hydrogens is 331 g/mol. The molecule has 2 unspecified atom stereocenters. The maximum atomic E-state index is 13.6. The van der Waals surface area contributed by atoms with E-state index in [9.17, 15) is 4.39 Å². The summed E-state index contributed by atoms with van der Waals surface area (Å²) < 4.78 is 14.6. The topological polar surface area (TPSA) is 15.3 Å². The van der Waals surface area contributed by atoms with Crippen LogP contribution in [0.15, 0.2) is 22.7 Å². The third-order valence-corrected chi connectivity index (χ3v) is 5.71. The summed E-state index contributed by atoms with van der Waals surface area (Å²) in [4.78, 5) is 2.36. The molecule has 1 aliphatic heterocycles. The van der Waals surface area contributed by atoms with Crippen LogP contribution >= 0.6 is 15.9 Å². The zero-order valence-electron chi connectivity index (χ0n) is 12.6. The Morgan fingerprint density at radius 2 is 2.00 bits per heavy atom. The summed E-state index contributed by atoms with van der Waals surface area (Å²) in [5.41, 5.74) is 0.991. The van der Waals surface area contributed by atoms with Crippen molar-refractivity contribution in [3.05, 3.63) is 28.5 Å². The van der Waals surface area contributed by atoms with E-state index < -0.39 is 0 Å². The van der Waals surface area contributed by atoms with E-state index in [-0.39, 0.29) is 5.82 Å². The van der Waals surface area contributed by atoms with Gasteiger partial charge in [0.25, 0.3) is 0 Å². The number of rotatable bonds is 2. The van der Waals surface area contributed by atoms with Crippen LogP contribution in [0.2, 0.25) is 0 Å². The average molecular weight is 355 g/mol. The number of nitrogens with one attached hydrogen (secondary N) is 1. The van der Waals surface area contributed by atoms with Gasteiger partial charge in [0.15, 0.2) is 0 Å². The first-order chi connectivity index (χ1) is 10.1. The lowest BCUT2D eigenvalue weighted by atomic mass is 9.82. The lowest BCUT2D eigenvalue weighted by molar-refractivity contribution is 0.245. The van der Waals surface area contributed by atoms with Crippen molar-refractivity contribution >= 4 is 21.6 Å².